The van der Waals surface area contributed by atoms with E-state index in [1.165, 1.54) is 25.7 Å². The first-order chi connectivity index (χ1) is 10.9. The van der Waals surface area contributed by atoms with Crippen LogP contribution in [0.5, 0.6) is 0 Å². The van der Waals surface area contributed by atoms with Crippen molar-refractivity contribution in [1.82, 2.24) is 15.1 Å². The normalized spacial score (nSPS) is 25.6. The maximum Gasteiger partial charge on any atom is 0.243 e. The molecule has 2 bridgehead atoms. The van der Waals surface area contributed by atoms with Crippen molar-refractivity contribution in [2.75, 3.05) is 11.9 Å². The Morgan fingerprint density at radius 3 is 2.57 bits per heavy atom. The predicted octanol–water partition coefficient (Wildman–Crippen LogP) is 1.92. The molecule has 2 aliphatic rings. The number of rotatable bonds is 5. The number of carbonyl (C=O) groups is 2. The molecule has 0 aliphatic heterocycles. The largest absolute Gasteiger partial charge is 0.347 e. The van der Waals surface area contributed by atoms with Gasteiger partial charge in [0, 0.05) is 13.5 Å². The number of hydrogen-bond donors (Lipinski definition) is 2. The van der Waals surface area contributed by atoms with Gasteiger partial charge in [-0.3, -0.25) is 14.3 Å². The van der Waals surface area contributed by atoms with Crippen molar-refractivity contribution in [3.63, 3.8) is 0 Å². The number of amides is 2. The Bertz CT molecular complexity index is 622. The van der Waals surface area contributed by atoms with Gasteiger partial charge in [-0.15, -0.1) is 0 Å². The number of aryl methyl sites for hydroxylation is 2. The molecule has 23 heavy (non-hydrogen) atoms. The number of anilines is 1. The number of carbonyl (C=O) groups excluding carboxylic acids is 2. The van der Waals surface area contributed by atoms with Crippen LogP contribution in [-0.4, -0.2) is 28.1 Å². The van der Waals surface area contributed by atoms with E-state index in [9.17, 15) is 9.59 Å². The summed E-state index contributed by atoms with van der Waals surface area (Å²) in [5.41, 5.74) is 2.43. The molecule has 2 saturated carbocycles. The Morgan fingerprint density at radius 2 is 2.00 bits per heavy atom. The van der Waals surface area contributed by atoms with Gasteiger partial charge >= 0.3 is 0 Å². The van der Waals surface area contributed by atoms with Gasteiger partial charge in [-0.05, 0) is 50.9 Å². The van der Waals surface area contributed by atoms with Crippen LogP contribution in [0, 0.1) is 31.6 Å². The van der Waals surface area contributed by atoms with Crippen LogP contribution in [0.25, 0.3) is 0 Å². The lowest BCUT2D eigenvalue weighted by molar-refractivity contribution is -0.125. The van der Waals surface area contributed by atoms with Gasteiger partial charge in [-0.25, -0.2) is 0 Å². The second-order valence-corrected chi connectivity index (χ2v) is 7.13. The van der Waals surface area contributed by atoms with Crippen LogP contribution in [0.15, 0.2) is 0 Å². The Morgan fingerprint density at radius 1 is 1.22 bits per heavy atom. The number of aromatic nitrogens is 2. The van der Waals surface area contributed by atoms with Crippen molar-refractivity contribution in [1.29, 1.82) is 0 Å². The highest BCUT2D eigenvalue weighted by molar-refractivity contribution is 5.95. The van der Waals surface area contributed by atoms with Gasteiger partial charge in [0.05, 0.1) is 23.6 Å². The molecule has 0 aromatic carbocycles. The van der Waals surface area contributed by atoms with E-state index in [4.69, 9.17) is 0 Å². The van der Waals surface area contributed by atoms with Gasteiger partial charge in [0.1, 0.15) is 0 Å². The molecule has 1 aromatic rings. The van der Waals surface area contributed by atoms with Gasteiger partial charge < -0.3 is 10.6 Å². The summed E-state index contributed by atoms with van der Waals surface area (Å²) in [6, 6.07) is 0. The van der Waals surface area contributed by atoms with Crippen molar-refractivity contribution < 1.29 is 9.59 Å². The minimum atomic E-state index is -0.203. The van der Waals surface area contributed by atoms with E-state index >= 15 is 0 Å². The molecule has 6 heteroatoms. The number of hydrogen-bond acceptors (Lipinski definition) is 3. The topological polar surface area (TPSA) is 76.0 Å². The van der Waals surface area contributed by atoms with E-state index < -0.39 is 0 Å². The first kappa shape index (κ1) is 16.0. The summed E-state index contributed by atoms with van der Waals surface area (Å²) in [5.74, 6) is 1.90. The van der Waals surface area contributed by atoms with Gasteiger partial charge in [-0.2, -0.15) is 5.10 Å². The zero-order valence-corrected chi connectivity index (χ0v) is 14.2. The van der Waals surface area contributed by atoms with E-state index in [0.717, 1.165) is 28.9 Å². The van der Waals surface area contributed by atoms with Crippen LogP contribution < -0.4 is 10.6 Å². The van der Waals surface area contributed by atoms with Crippen LogP contribution in [0.3, 0.4) is 0 Å². The smallest absolute Gasteiger partial charge is 0.243 e. The van der Waals surface area contributed by atoms with Crippen LogP contribution in [-0.2, 0) is 16.6 Å². The minimum Gasteiger partial charge on any atom is -0.347 e. The average molecular weight is 318 g/mol. The molecule has 0 radical (unpaired) electrons. The minimum absolute atomic E-state index is 0.00247. The molecule has 0 unspecified atom stereocenters. The molecule has 2 N–H and O–H groups in total. The fraction of sp³-hybridized carbons (Fsp3) is 0.706. The third-order valence-electron chi connectivity index (χ3n) is 5.55. The fourth-order valence-electron chi connectivity index (χ4n) is 4.25. The highest BCUT2D eigenvalue weighted by Gasteiger charge is 2.40. The monoisotopic (exact) mass is 318 g/mol. The molecule has 3 rings (SSSR count). The standard InChI is InChI=1S/C17H26N4O2/c1-10-17(11(2)21(3)20-10)19-16(23)9-18-15(22)8-14-7-12-4-5-13(14)6-12/h12-14H,4-9H2,1-3H3,(H,18,22)(H,19,23)/t12-,13+,14-/m0/s1. The maximum absolute atomic E-state index is 12.1. The lowest BCUT2D eigenvalue weighted by atomic mass is 9.86. The lowest BCUT2D eigenvalue weighted by Crippen LogP contribution is -2.34. The van der Waals surface area contributed by atoms with Crippen LogP contribution in [0.4, 0.5) is 5.69 Å². The van der Waals surface area contributed by atoms with Crippen molar-refractivity contribution >= 4 is 17.5 Å². The highest BCUT2D eigenvalue weighted by Crippen LogP contribution is 2.49. The summed E-state index contributed by atoms with van der Waals surface area (Å²) < 4.78 is 1.73. The van der Waals surface area contributed by atoms with Crippen molar-refractivity contribution in [2.45, 2.75) is 46.0 Å². The molecule has 2 fully saturated rings. The summed E-state index contributed by atoms with van der Waals surface area (Å²) in [5, 5.41) is 9.86. The molecular weight excluding hydrogens is 292 g/mol. The van der Waals surface area contributed by atoms with Crippen LogP contribution >= 0.6 is 0 Å². The summed E-state index contributed by atoms with van der Waals surface area (Å²) in [6.45, 7) is 3.78. The molecule has 0 saturated heterocycles. The van der Waals surface area contributed by atoms with Gasteiger partial charge in [-0.1, -0.05) is 6.42 Å². The molecule has 2 amide bonds. The van der Waals surface area contributed by atoms with Crippen LogP contribution in [0.2, 0.25) is 0 Å². The zero-order valence-electron chi connectivity index (χ0n) is 14.2. The average Bonchev–Trinajstić information content (AvgIpc) is 3.17. The molecule has 1 heterocycles. The van der Waals surface area contributed by atoms with Gasteiger partial charge in [0.15, 0.2) is 0 Å². The number of nitrogens with one attached hydrogen (secondary N) is 2. The second kappa shape index (κ2) is 6.34. The molecule has 6 nitrogen and oxygen atoms in total. The summed E-state index contributed by atoms with van der Waals surface area (Å²) >= 11 is 0. The molecule has 126 valence electrons. The maximum atomic E-state index is 12.1. The second-order valence-electron chi connectivity index (χ2n) is 7.13. The Kier molecular flexibility index (Phi) is 4.41. The van der Waals surface area contributed by atoms with E-state index in [2.05, 4.69) is 15.7 Å². The Balaban J connectivity index is 1.44. The third-order valence-corrected chi connectivity index (χ3v) is 5.55. The summed E-state index contributed by atoms with van der Waals surface area (Å²) in [7, 11) is 1.84. The van der Waals surface area contributed by atoms with Crippen molar-refractivity contribution in [2.24, 2.45) is 24.8 Å². The zero-order chi connectivity index (χ0) is 16.6. The quantitative estimate of drug-likeness (QED) is 0.871. The van der Waals surface area contributed by atoms with Crippen LogP contribution in [0.1, 0.15) is 43.5 Å². The SMILES string of the molecule is Cc1nn(C)c(C)c1NC(=O)CNC(=O)C[C@@H]1C[C@H]2CC[C@@H]1C2. The summed E-state index contributed by atoms with van der Waals surface area (Å²) in [6.07, 6.45) is 5.69. The van der Waals surface area contributed by atoms with Crippen molar-refractivity contribution in [3.8, 4) is 0 Å². The van der Waals surface area contributed by atoms with E-state index in [0.29, 0.717) is 12.3 Å². The number of fused-ring (bicyclic) bond motifs is 2. The Hall–Kier alpha value is -1.85. The first-order valence-electron chi connectivity index (χ1n) is 8.50. The highest BCUT2D eigenvalue weighted by atomic mass is 16.2. The summed E-state index contributed by atoms with van der Waals surface area (Å²) in [4.78, 5) is 24.1. The first-order valence-corrected chi connectivity index (χ1v) is 8.50. The molecule has 1 aromatic heterocycles. The van der Waals surface area contributed by atoms with E-state index in [1.54, 1.807) is 4.68 Å². The van der Waals surface area contributed by atoms with Gasteiger partial charge in [0.25, 0.3) is 0 Å². The van der Waals surface area contributed by atoms with Gasteiger partial charge in [0.2, 0.25) is 11.8 Å². The third kappa shape index (κ3) is 3.41. The fourth-order valence-corrected chi connectivity index (χ4v) is 4.25. The molecular formula is C17H26N4O2. The Labute approximate surface area is 137 Å². The molecule has 2 aliphatic carbocycles. The van der Waals surface area contributed by atoms with E-state index in [1.807, 2.05) is 20.9 Å². The molecule has 3 atom stereocenters. The van der Waals surface area contributed by atoms with E-state index in [-0.39, 0.29) is 18.4 Å². The molecule has 0 spiro atoms. The van der Waals surface area contributed by atoms with Crippen molar-refractivity contribution in [3.05, 3.63) is 11.4 Å². The number of nitrogens with zero attached hydrogens (tertiary/aromatic N) is 2. The predicted molar refractivity (Wildman–Crippen MR) is 87.9 cm³/mol. The lowest BCUT2D eigenvalue weighted by Gasteiger charge is -2.20.